The molecule has 0 heterocycles. The number of carbonyl (C=O) groups is 1. The molecule has 0 bridgehead atoms. The lowest BCUT2D eigenvalue weighted by Gasteiger charge is -2.14. The van der Waals surface area contributed by atoms with Crippen LogP contribution in [0.4, 0.5) is 21.5 Å². The van der Waals surface area contributed by atoms with E-state index < -0.39 is 11.8 Å². The molecule has 0 saturated carbocycles. The molecule has 0 aliphatic carbocycles. The zero-order valence-corrected chi connectivity index (χ0v) is 15.8. The number of ether oxygens (including phenoxy) is 1. The molecule has 138 valence electrons. The van der Waals surface area contributed by atoms with Crippen LogP contribution in [0.25, 0.3) is 0 Å². The van der Waals surface area contributed by atoms with E-state index in [0.29, 0.717) is 16.9 Å². The van der Waals surface area contributed by atoms with Gasteiger partial charge in [-0.25, -0.2) is 14.2 Å². The maximum absolute atomic E-state index is 14.5. The van der Waals surface area contributed by atoms with Gasteiger partial charge in [-0.2, -0.15) is 0 Å². The van der Waals surface area contributed by atoms with Crippen molar-refractivity contribution in [3.8, 4) is 0 Å². The number of benzene rings is 2. The summed E-state index contributed by atoms with van der Waals surface area (Å²) in [6, 6.07) is 8.22. The van der Waals surface area contributed by atoms with Crippen molar-refractivity contribution in [2.45, 2.75) is 20.8 Å². The quantitative estimate of drug-likeness (QED) is 0.467. The fourth-order valence-electron chi connectivity index (χ4n) is 2.34. The highest BCUT2D eigenvalue weighted by atomic mass is 19.1. The summed E-state index contributed by atoms with van der Waals surface area (Å²) in [7, 11) is 3.25. The van der Waals surface area contributed by atoms with E-state index in [1.807, 2.05) is 32.7 Å². The number of esters is 1. The Morgan fingerprint density at radius 1 is 1.23 bits per heavy atom. The summed E-state index contributed by atoms with van der Waals surface area (Å²) in [5, 5.41) is 3.08. The third kappa shape index (κ3) is 4.59. The van der Waals surface area contributed by atoms with Crippen LogP contribution < -0.4 is 5.32 Å². The predicted molar refractivity (Wildman–Crippen MR) is 103 cm³/mol. The van der Waals surface area contributed by atoms with Crippen molar-refractivity contribution in [2.75, 3.05) is 26.0 Å². The number of nitrogens with one attached hydrogen (secondary N) is 1. The number of nitrogens with zero attached hydrogens (tertiary/aromatic N) is 2. The van der Waals surface area contributed by atoms with E-state index in [1.54, 1.807) is 30.6 Å². The zero-order chi connectivity index (χ0) is 19.3. The molecule has 2 rings (SSSR count). The van der Waals surface area contributed by atoms with E-state index in [1.165, 1.54) is 13.2 Å². The molecule has 0 spiro atoms. The van der Waals surface area contributed by atoms with Gasteiger partial charge in [0.05, 0.1) is 30.4 Å². The Kier molecular flexibility index (Phi) is 6.33. The highest BCUT2D eigenvalue weighted by Crippen LogP contribution is 2.29. The summed E-state index contributed by atoms with van der Waals surface area (Å²) in [6.07, 6.45) is 1.69. The number of aryl methyl sites for hydroxylation is 2. The molecular weight excluding hydrogens is 333 g/mol. The molecule has 0 aromatic heterocycles. The molecule has 0 radical (unpaired) electrons. The standard InChI is InChI=1S/C20H24FN3O2/c1-6-24(4)12-22-18-11-16(21)19(10-14(18)3)23-17-8-7-15(9-13(17)2)20(25)26-5/h7-12,23H,6H2,1-5H3/b22-12+. The van der Waals surface area contributed by atoms with Crippen LogP contribution in [0.15, 0.2) is 35.3 Å². The van der Waals surface area contributed by atoms with Crippen LogP contribution in [-0.4, -0.2) is 37.9 Å². The van der Waals surface area contributed by atoms with Crippen LogP contribution in [0.2, 0.25) is 0 Å². The van der Waals surface area contributed by atoms with E-state index in [-0.39, 0.29) is 0 Å². The smallest absolute Gasteiger partial charge is 0.337 e. The van der Waals surface area contributed by atoms with Gasteiger partial charge in [-0.3, -0.25) is 0 Å². The highest BCUT2D eigenvalue weighted by Gasteiger charge is 2.11. The van der Waals surface area contributed by atoms with Crippen molar-refractivity contribution in [1.29, 1.82) is 0 Å². The summed E-state index contributed by atoms with van der Waals surface area (Å²) in [5.41, 5.74) is 3.80. The first kappa shape index (κ1) is 19.4. The second kappa shape index (κ2) is 8.47. The van der Waals surface area contributed by atoms with Gasteiger partial charge in [-0.1, -0.05) is 0 Å². The third-order valence-electron chi connectivity index (χ3n) is 4.10. The summed E-state index contributed by atoms with van der Waals surface area (Å²) in [5.74, 6) is -0.792. The van der Waals surface area contributed by atoms with E-state index in [2.05, 4.69) is 10.3 Å². The number of anilines is 2. The first-order chi connectivity index (χ1) is 12.3. The van der Waals surface area contributed by atoms with Gasteiger partial charge < -0.3 is 15.0 Å². The minimum atomic E-state index is -0.402. The average Bonchev–Trinajstić information content (AvgIpc) is 2.63. The Balaban J connectivity index is 2.26. The van der Waals surface area contributed by atoms with Gasteiger partial charge in [0.25, 0.3) is 0 Å². The molecule has 0 fully saturated rings. The lowest BCUT2D eigenvalue weighted by atomic mass is 10.1. The van der Waals surface area contributed by atoms with Gasteiger partial charge in [-0.05, 0) is 56.2 Å². The van der Waals surface area contributed by atoms with Gasteiger partial charge in [0.1, 0.15) is 5.82 Å². The number of carbonyl (C=O) groups excluding carboxylic acids is 1. The van der Waals surface area contributed by atoms with Crippen LogP contribution in [-0.2, 0) is 4.74 Å². The number of aliphatic imine (C=N–C) groups is 1. The normalized spacial score (nSPS) is 10.8. The molecule has 0 aliphatic rings. The van der Waals surface area contributed by atoms with Crippen molar-refractivity contribution < 1.29 is 13.9 Å². The van der Waals surface area contributed by atoms with Crippen molar-refractivity contribution in [3.63, 3.8) is 0 Å². The van der Waals surface area contributed by atoms with Gasteiger partial charge in [-0.15, -0.1) is 0 Å². The topological polar surface area (TPSA) is 53.9 Å². The summed E-state index contributed by atoms with van der Waals surface area (Å²) in [6.45, 7) is 6.57. The summed E-state index contributed by atoms with van der Waals surface area (Å²) < 4.78 is 19.2. The second-order valence-electron chi connectivity index (χ2n) is 6.08. The maximum Gasteiger partial charge on any atom is 0.337 e. The second-order valence-corrected chi connectivity index (χ2v) is 6.08. The maximum atomic E-state index is 14.5. The van der Waals surface area contributed by atoms with Gasteiger partial charge >= 0.3 is 5.97 Å². The van der Waals surface area contributed by atoms with E-state index >= 15 is 0 Å². The molecular formula is C20H24FN3O2. The monoisotopic (exact) mass is 357 g/mol. The molecule has 0 saturated heterocycles. The number of methoxy groups -OCH3 is 1. The molecule has 2 aromatic rings. The van der Waals surface area contributed by atoms with Crippen LogP contribution in [0.5, 0.6) is 0 Å². The van der Waals surface area contributed by atoms with Crippen molar-refractivity contribution in [1.82, 2.24) is 4.90 Å². The number of hydrogen-bond acceptors (Lipinski definition) is 4. The zero-order valence-electron chi connectivity index (χ0n) is 15.8. The van der Waals surface area contributed by atoms with Gasteiger partial charge in [0, 0.05) is 25.3 Å². The van der Waals surface area contributed by atoms with Crippen molar-refractivity contribution in [3.05, 3.63) is 52.8 Å². The van der Waals surface area contributed by atoms with Crippen LogP contribution >= 0.6 is 0 Å². The first-order valence-corrected chi connectivity index (χ1v) is 8.36. The van der Waals surface area contributed by atoms with Crippen LogP contribution in [0, 0.1) is 19.7 Å². The SMILES string of the molecule is CCN(C)/C=N/c1cc(F)c(Nc2ccc(C(=O)OC)cc2C)cc1C. The van der Waals surface area contributed by atoms with Crippen molar-refractivity contribution in [2.24, 2.45) is 4.99 Å². The van der Waals surface area contributed by atoms with E-state index in [0.717, 1.165) is 23.4 Å². The molecule has 1 N–H and O–H groups in total. The first-order valence-electron chi connectivity index (χ1n) is 8.36. The predicted octanol–water partition coefficient (Wildman–Crippen LogP) is 4.58. The van der Waals surface area contributed by atoms with Crippen LogP contribution in [0.3, 0.4) is 0 Å². The number of halogens is 1. The third-order valence-corrected chi connectivity index (χ3v) is 4.10. The largest absolute Gasteiger partial charge is 0.465 e. The molecule has 0 unspecified atom stereocenters. The molecule has 0 aliphatic heterocycles. The Bertz CT molecular complexity index is 834. The molecule has 0 amide bonds. The number of rotatable bonds is 6. The number of hydrogen-bond donors (Lipinski definition) is 1. The highest BCUT2D eigenvalue weighted by molar-refractivity contribution is 5.90. The Labute approximate surface area is 153 Å². The van der Waals surface area contributed by atoms with Crippen molar-refractivity contribution >= 4 is 29.4 Å². The molecule has 0 atom stereocenters. The minimum absolute atomic E-state index is 0.360. The van der Waals surface area contributed by atoms with E-state index in [9.17, 15) is 9.18 Å². The van der Waals surface area contributed by atoms with Crippen LogP contribution in [0.1, 0.15) is 28.4 Å². The van der Waals surface area contributed by atoms with Gasteiger partial charge in [0.2, 0.25) is 0 Å². The van der Waals surface area contributed by atoms with Gasteiger partial charge in [0.15, 0.2) is 0 Å². The fraction of sp³-hybridized carbons (Fsp3) is 0.300. The Morgan fingerprint density at radius 2 is 1.96 bits per heavy atom. The Hall–Kier alpha value is -2.89. The Morgan fingerprint density at radius 3 is 2.58 bits per heavy atom. The molecule has 26 heavy (non-hydrogen) atoms. The lowest BCUT2D eigenvalue weighted by Crippen LogP contribution is -2.14. The molecule has 6 heteroatoms. The summed E-state index contributed by atoms with van der Waals surface area (Å²) in [4.78, 5) is 17.8. The molecule has 2 aromatic carbocycles. The fourth-order valence-corrected chi connectivity index (χ4v) is 2.34. The minimum Gasteiger partial charge on any atom is -0.465 e. The van der Waals surface area contributed by atoms with E-state index in [4.69, 9.17) is 4.74 Å². The average molecular weight is 357 g/mol. The lowest BCUT2D eigenvalue weighted by molar-refractivity contribution is 0.0600. The summed E-state index contributed by atoms with van der Waals surface area (Å²) >= 11 is 0. The molecule has 5 nitrogen and oxygen atoms in total.